The summed E-state index contributed by atoms with van der Waals surface area (Å²) in [5.41, 5.74) is -0.429. The smallest absolute Gasteiger partial charge is 0.313 e. The van der Waals surface area contributed by atoms with Crippen molar-refractivity contribution >= 4 is 24.0 Å². The molecule has 1 unspecified atom stereocenters. The van der Waals surface area contributed by atoms with E-state index in [2.05, 4.69) is 5.32 Å². The third-order valence-corrected chi connectivity index (χ3v) is 3.41. The molecule has 0 fully saturated rings. The minimum atomic E-state index is -1.16. The molecule has 7 heteroatoms. The fraction of sp³-hybridized carbons (Fsp3) is 0.467. The summed E-state index contributed by atoms with van der Waals surface area (Å²) in [5, 5.41) is 2.09. The van der Waals surface area contributed by atoms with E-state index in [0.717, 1.165) is 18.6 Å². The minimum absolute atomic E-state index is 0.0118. The first-order valence-corrected chi connectivity index (χ1v) is 7.37. The maximum Gasteiger partial charge on any atom is 0.313 e. The SMILES string of the molecule is CCCCOC(=O)C(CCNC=O)c1c(F)ccc(Cl)c1F. The van der Waals surface area contributed by atoms with Gasteiger partial charge in [0, 0.05) is 12.1 Å². The number of esters is 1. The number of halogens is 3. The van der Waals surface area contributed by atoms with Gasteiger partial charge in [0.25, 0.3) is 0 Å². The van der Waals surface area contributed by atoms with Crippen molar-refractivity contribution in [2.45, 2.75) is 32.1 Å². The van der Waals surface area contributed by atoms with Crippen LogP contribution in [0, 0.1) is 11.6 Å². The molecule has 22 heavy (non-hydrogen) atoms. The number of ether oxygens (including phenoxy) is 1. The molecule has 0 bridgehead atoms. The first-order chi connectivity index (χ1) is 10.5. The van der Waals surface area contributed by atoms with Crippen molar-refractivity contribution in [3.63, 3.8) is 0 Å². The molecule has 1 aromatic carbocycles. The Hall–Kier alpha value is -1.69. The summed E-state index contributed by atoms with van der Waals surface area (Å²) >= 11 is 5.66. The number of benzene rings is 1. The zero-order valence-corrected chi connectivity index (χ0v) is 13.0. The minimum Gasteiger partial charge on any atom is -0.465 e. The van der Waals surface area contributed by atoms with Gasteiger partial charge in [-0.3, -0.25) is 9.59 Å². The van der Waals surface area contributed by atoms with Crippen LogP contribution in [0.4, 0.5) is 8.78 Å². The van der Waals surface area contributed by atoms with Crippen LogP contribution in [0.5, 0.6) is 0 Å². The van der Waals surface area contributed by atoms with Crippen LogP contribution in [0.2, 0.25) is 5.02 Å². The first kappa shape index (κ1) is 18.4. The van der Waals surface area contributed by atoms with Gasteiger partial charge in [0.15, 0.2) is 0 Å². The summed E-state index contributed by atoms with van der Waals surface area (Å²) in [5.74, 6) is -3.75. The average molecular weight is 334 g/mol. The monoisotopic (exact) mass is 333 g/mol. The molecule has 1 N–H and O–H groups in total. The van der Waals surface area contributed by atoms with Crippen molar-refractivity contribution in [3.05, 3.63) is 34.4 Å². The second-order valence-corrected chi connectivity index (χ2v) is 5.10. The third kappa shape index (κ3) is 4.94. The van der Waals surface area contributed by atoms with Crippen LogP contribution in [0.1, 0.15) is 37.7 Å². The van der Waals surface area contributed by atoms with Crippen LogP contribution in [-0.4, -0.2) is 25.5 Å². The number of rotatable bonds is 9. The predicted molar refractivity (Wildman–Crippen MR) is 78.7 cm³/mol. The van der Waals surface area contributed by atoms with Gasteiger partial charge in [-0.05, 0) is 25.0 Å². The Morgan fingerprint density at radius 3 is 2.82 bits per heavy atom. The molecule has 0 aliphatic heterocycles. The normalized spacial score (nSPS) is 11.8. The Bertz CT molecular complexity index is 526. The van der Waals surface area contributed by atoms with Gasteiger partial charge in [-0.15, -0.1) is 0 Å². The van der Waals surface area contributed by atoms with Crippen LogP contribution < -0.4 is 5.32 Å². The number of nitrogens with one attached hydrogen (secondary N) is 1. The van der Waals surface area contributed by atoms with E-state index in [-0.39, 0.29) is 24.6 Å². The van der Waals surface area contributed by atoms with Gasteiger partial charge in [0.2, 0.25) is 6.41 Å². The fourth-order valence-electron chi connectivity index (χ4n) is 1.95. The molecule has 122 valence electrons. The van der Waals surface area contributed by atoms with E-state index in [0.29, 0.717) is 12.8 Å². The molecule has 0 aliphatic carbocycles. The number of carbonyl (C=O) groups excluding carboxylic acids is 2. The third-order valence-electron chi connectivity index (χ3n) is 3.12. The van der Waals surface area contributed by atoms with Crippen molar-refractivity contribution in [1.82, 2.24) is 5.32 Å². The molecule has 4 nitrogen and oxygen atoms in total. The molecule has 1 aromatic rings. The maximum atomic E-state index is 14.1. The second kappa shape index (κ2) is 9.35. The lowest BCUT2D eigenvalue weighted by Gasteiger charge is -2.18. The topological polar surface area (TPSA) is 55.4 Å². The van der Waals surface area contributed by atoms with Gasteiger partial charge >= 0.3 is 5.97 Å². The molecule has 0 saturated carbocycles. The van der Waals surface area contributed by atoms with E-state index in [1.54, 1.807) is 0 Å². The summed E-state index contributed by atoms with van der Waals surface area (Å²) in [6.07, 6.45) is 1.94. The summed E-state index contributed by atoms with van der Waals surface area (Å²) in [6.45, 7) is 2.19. The average Bonchev–Trinajstić information content (AvgIpc) is 2.50. The molecular weight excluding hydrogens is 316 g/mol. The van der Waals surface area contributed by atoms with Crippen molar-refractivity contribution in [3.8, 4) is 0 Å². The predicted octanol–water partition coefficient (Wildman–Crippen LogP) is 3.18. The number of carbonyl (C=O) groups is 2. The molecular formula is C15H18ClF2NO3. The lowest BCUT2D eigenvalue weighted by atomic mass is 9.94. The Kier molecular flexibility index (Phi) is 7.80. The number of unbranched alkanes of at least 4 members (excludes halogenated alkanes) is 1. The van der Waals surface area contributed by atoms with Crippen LogP contribution in [0.3, 0.4) is 0 Å². The van der Waals surface area contributed by atoms with E-state index in [1.165, 1.54) is 0 Å². The van der Waals surface area contributed by atoms with Gasteiger partial charge < -0.3 is 10.1 Å². The highest BCUT2D eigenvalue weighted by molar-refractivity contribution is 6.30. The second-order valence-electron chi connectivity index (χ2n) is 4.69. The Labute approximate surface area is 132 Å². The Morgan fingerprint density at radius 2 is 2.18 bits per heavy atom. The van der Waals surface area contributed by atoms with Crippen molar-refractivity contribution < 1.29 is 23.1 Å². The van der Waals surface area contributed by atoms with Crippen LogP contribution in [0.25, 0.3) is 0 Å². The summed E-state index contributed by atoms with van der Waals surface area (Å²) < 4.78 is 33.1. The largest absolute Gasteiger partial charge is 0.465 e. The van der Waals surface area contributed by atoms with Gasteiger partial charge in [0.05, 0.1) is 17.5 Å². The molecule has 0 saturated heterocycles. The van der Waals surface area contributed by atoms with Crippen molar-refractivity contribution in [2.24, 2.45) is 0 Å². The fourth-order valence-corrected chi connectivity index (χ4v) is 2.11. The number of amides is 1. The lowest BCUT2D eigenvalue weighted by molar-refractivity contribution is -0.146. The van der Waals surface area contributed by atoms with E-state index < -0.39 is 29.1 Å². The van der Waals surface area contributed by atoms with E-state index in [1.807, 2.05) is 6.92 Å². The summed E-state index contributed by atoms with van der Waals surface area (Å²) in [6, 6.07) is 2.08. The highest BCUT2D eigenvalue weighted by Gasteiger charge is 2.29. The molecule has 1 rings (SSSR count). The Morgan fingerprint density at radius 1 is 1.45 bits per heavy atom. The highest BCUT2D eigenvalue weighted by atomic mass is 35.5. The van der Waals surface area contributed by atoms with Crippen LogP contribution >= 0.6 is 11.6 Å². The molecule has 0 aromatic heterocycles. The number of hydrogen-bond donors (Lipinski definition) is 1. The molecule has 0 spiro atoms. The first-order valence-electron chi connectivity index (χ1n) is 7.00. The molecule has 0 radical (unpaired) electrons. The van der Waals surface area contributed by atoms with E-state index in [9.17, 15) is 18.4 Å². The molecule has 1 atom stereocenters. The zero-order valence-electron chi connectivity index (χ0n) is 12.2. The van der Waals surface area contributed by atoms with Gasteiger partial charge in [-0.1, -0.05) is 24.9 Å². The maximum absolute atomic E-state index is 14.1. The number of hydrogen-bond acceptors (Lipinski definition) is 3. The molecule has 1 amide bonds. The Balaban J connectivity index is 3.01. The molecule has 0 heterocycles. The highest BCUT2D eigenvalue weighted by Crippen LogP contribution is 2.30. The standard InChI is InChI=1S/C15H18ClF2NO3/c1-2-3-8-22-15(21)10(6-7-19-9-20)13-12(17)5-4-11(16)14(13)18/h4-5,9-10H,2-3,6-8H2,1H3,(H,19,20). The van der Waals surface area contributed by atoms with Crippen molar-refractivity contribution in [2.75, 3.05) is 13.2 Å². The van der Waals surface area contributed by atoms with Gasteiger partial charge in [0.1, 0.15) is 11.6 Å². The molecule has 0 aliphatic rings. The van der Waals surface area contributed by atoms with Crippen LogP contribution in [0.15, 0.2) is 12.1 Å². The summed E-state index contributed by atoms with van der Waals surface area (Å²) in [4.78, 5) is 22.4. The quantitative estimate of drug-likeness (QED) is 0.327. The van der Waals surface area contributed by atoms with Crippen LogP contribution in [-0.2, 0) is 14.3 Å². The summed E-state index contributed by atoms with van der Waals surface area (Å²) in [7, 11) is 0. The van der Waals surface area contributed by atoms with Crippen molar-refractivity contribution in [1.29, 1.82) is 0 Å². The van der Waals surface area contributed by atoms with Gasteiger partial charge in [-0.25, -0.2) is 8.78 Å². The zero-order chi connectivity index (χ0) is 16.5. The lowest BCUT2D eigenvalue weighted by Crippen LogP contribution is -2.24. The van der Waals surface area contributed by atoms with Gasteiger partial charge in [-0.2, -0.15) is 0 Å². The van der Waals surface area contributed by atoms with E-state index in [4.69, 9.17) is 16.3 Å². The van der Waals surface area contributed by atoms with E-state index >= 15 is 0 Å².